The molecule has 5 nitrogen and oxygen atoms in total. The normalized spacial score (nSPS) is 22.2. The van der Waals surface area contributed by atoms with Crippen molar-refractivity contribution in [1.29, 1.82) is 0 Å². The van der Waals surface area contributed by atoms with Gasteiger partial charge in [-0.2, -0.15) is 0 Å². The van der Waals surface area contributed by atoms with Crippen LogP contribution in [0.1, 0.15) is 56.0 Å². The number of piperidine rings is 1. The maximum absolute atomic E-state index is 12.8. The first-order valence-electron chi connectivity index (χ1n) is 10.5. The minimum atomic E-state index is -0.127. The molecule has 2 atom stereocenters. The van der Waals surface area contributed by atoms with Crippen molar-refractivity contribution in [3.05, 3.63) is 35.4 Å². The molecule has 6 heteroatoms. The lowest BCUT2D eigenvalue weighted by molar-refractivity contribution is -0.122. The largest absolute Gasteiger partial charge is 0.354 e. The molecule has 1 aromatic rings. The van der Waals surface area contributed by atoms with Crippen LogP contribution in [0.4, 0.5) is 0 Å². The third-order valence-electron chi connectivity index (χ3n) is 6.07. The number of nitrogens with zero attached hydrogens (tertiary/aromatic N) is 1. The van der Waals surface area contributed by atoms with Gasteiger partial charge in [0.15, 0.2) is 0 Å². The Labute approximate surface area is 173 Å². The fourth-order valence-electron chi connectivity index (χ4n) is 3.75. The Hall–Kier alpha value is -1.53. The van der Waals surface area contributed by atoms with Gasteiger partial charge in [-0.3, -0.25) is 14.9 Å². The average Bonchev–Trinajstić information content (AvgIpc) is 3.15. The number of thioether (sulfide) groups is 1. The summed E-state index contributed by atoms with van der Waals surface area (Å²) < 4.78 is 0. The van der Waals surface area contributed by atoms with E-state index in [1.165, 1.54) is 5.56 Å². The van der Waals surface area contributed by atoms with Crippen LogP contribution in [0.3, 0.4) is 0 Å². The number of amides is 2. The van der Waals surface area contributed by atoms with E-state index < -0.39 is 0 Å². The molecule has 0 aliphatic carbocycles. The molecule has 2 amide bonds. The lowest BCUT2D eigenvalue weighted by Crippen LogP contribution is -2.54. The zero-order valence-electron chi connectivity index (χ0n) is 17.3. The molecule has 2 aliphatic heterocycles. The van der Waals surface area contributed by atoms with Gasteiger partial charge < -0.3 is 10.2 Å². The van der Waals surface area contributed by atoms with Gasteiger partial charge in [0.25, 0.3) is 5.91 Å². The van der Waals surface area contributed by atoms with Crippen LogP contribution in [0, 0.1) is 5.92 Å². The average molecular weight is 404 g/mol. The Bertz CT molecular complexity index is 684. The summed E-state index contributed by atoms with van der Waals surface area (Å²) in [5, 5.41) is 6.65. The molecule has 0 bridgehead atoms. The smallest absolute Gasteiger partial charge is 0.253 e. The third-order valence-corrected chi connectivity index (χ3v) is 7.65. The standard InChI is InChI=1S/C22H33N3O2S/c1-4-16(3)14-23-20(26)19-15-28-22(24-19)10-12-25(13-11-22)21(27)18-8-6-17(5-2)7-9-18/h6-9,16,19,24H,4-5,10-15H2,1-3H3,(H,23,26). The van der Waals surface area contributed by atoms with Crippen molar-refractivity contribution in [1.82, 2.24) is 15.5 Å². The molecule has 0 radical (unpaired) electrons. The van der Waals surface area contributed by atoms with E-state index in [4.69, 9.17) is 0 Å². The van der Waals surface area contributed by atoms with E-state index in [-0.39, 0.29) is 22.7 Å². The zero-order valence-corrected chi connectivity index (χ0v) is 18.1. The molecule has 2 N–H and O–H groups in total. The van der Waals surface area contributed by atoms with Crippen molar-refractivity contribution in [2.24, 2.45) is 5.92 Å². The maximum atomic E-state index is 12.8. The molecule has 3 rings (SSSR count). The first kappa shape index (κ1) is 21.2. The molecule has 1 spiro atoms. The van der Waals surface area contributed by atoms with Crippen LogP contribution < -0.4 is 10.6 Å². The molecule has 2 aliphatic rings. The number of aryl methyl sites for hydroxylation is 1. The van der Waals surface area contributed by atoms with Crippen LogP contribution in [-0.4, -0.2) is 53.0 Å². The second kappa shape index (κ2) is 9.31. The number of carbonyl (C=O) groups excluding carboxylic acids is 2. The summed E-state index contributed by atoms with van der Waals surface area (Å²) in [4.78, 5) is 27.1. The van der Waals surface area contributed by atoms with E-state index in [1.807, 2.05) is 40.9 Å². The Morgan fingerprint density at radius 1 is 1.25 bits per heavy atom. The highest BCUT2D eigenvalue weighted by Crippen LogP contribution is 2.39. The predicted molar refractivity (Wildman–Crippen MR) is 116 cm³/mol. The lowest BCUT2D eigenvalue weighted by atomic mass is 10.0. The second-order valence-electron chi connectivity index (χ2n) is 8.10. The van der Waals surface area contributed by atoms with E-state index in [9.17, 15) is 9.59 Å². The molecule has 2 unspecified atom stereocenters. The van der Waals surface area contributed by atoms with Crippen LogP contribution >= 0.6 is 11.8 Å². The first-order chi connectivity index (χ1) is 13.5. The molecule has 154 valence electrons. The lowest BCUT2D eigenvalue weighted by Gasteiger charge is -2.39. The summed E-state index contributed by atoms with van der Waals surface area (Å²) in [6.45, 7) is 8.62. The van der Waals surface area contributed by atoms with Crippen molar-refractivity contribution in [2.45, 2.75) is 57.4 Å². The quantitative estimate of drug-likeness (QED) is 0.766. The summed E-state index contributed by atoms with van der Waals surface area (Å²) in [5.41, 5.74) is 2.01. The van der Waals surface area contributed by atoms with Crippen LogP contribution in [0.5, 0.6) is 0 Å². The van der Waals surface area contributed by atoms with Crippen LogP contribution in [0.25, 0.3) is 0 Å². The summed E-state index contributed by atoms with van der Waals surface area (Å²) in [5.74, 6) is 1.54. The van der Waals surface area contributed by atoms with Gasteiger partial charge in [-0.15, -0.1) is 11.8 Å². The topological polar surface area (TPSA) is 61.4 Å². The van der Waals surface area contributed by atoms with Gasteiger partial charge >= 0.3 is 0 Å². The van der Waals surface area contributed by atoms with Crippen LogP contribution in [-0.2, 0) is 11.2 Å². The van der Waals surface area contributed by atoms with Crippen molar-refractivity contribution in [3.8, 4) is 0 Å². The number of rotatable bonds is 6. The summed E-state index contributed by atoms with van der Waals surface area (Å²) >= 11 is 1.85. The zero-order chi connectivity index (χ0) is 20.1. The number of hydrogen-bond donors (Lipinski definition) is 2. The number of benzene rings is 1. The first-order valence-corrected chi connectivity index (χ1v) is 11.5. The monoisotopic (exact) mass is 403 g/mol. The van der Waals surface area contributed by atoms with E-state index in [0.29, 0.717) is 5.92 Å². The number of hydrogen-bond acceptors (Lipinski definition) is 4. The number of carbonyl (C=O) groups is 2. The Morgan fingerprint density at radius 2 is 1.93 bits per heavy atom. The fourth-order valence-corrected chi connectivity index (χ4v) is 5.17. The molecular formula is C22H33N3O2S. The van der Waals surface area contributed by atoms with Crippen molar-refractivity contribution in [3.63, 3.8) is 0 Å². The van der Waals surface area contributed by atoms with Crippen LogP contribution in [0.15, 0.2) is 24.3 Å². The van der Waals surface area contributed by atoms with Gasteiger partial charge in [0.1, 0.15) is 0 Å². The maximum Gasteiger partial charge on any atom is 0.253 e. The molecule has 2 saturated heterocycles. The Kier molecular flexibility index (Phi) is 7.05. The molecule has 1 aromatic carbocycles. The fraction of sp³-hybridized carbons (Fsp3) is 0.636. The predicted octanol–water partition coefficient (Wildman–Crippen LogP) is 3.05. The van der Waals surface area contributed by atoms with Gasteiger partial charge in [0.2, 0.25) is 5.91 Å². The Balaban J connectivity index is 1.50. The van der Waals surface area contributed by atoms with Gasteiger partial charge in [-0.05, 0) is 42.9 Å². The highest BCUT2D eigenvalue weighted by molar-refractivity contribution is 8.01. The van der Waals surface area contributed by atoms with Crippen molar-refractivity contribution >= 4 is 23.6 Å². The molecule has 0 aromatic heterocycles. The molecule has 2 fully saturated rings. The van der Waals surface area contributed by atoms with E-state index in [1.54, 1.807) is 0 Å². The third kappa shape index (κ3) is 4.90. The minimum Gasteiger partial charge on any atom is -0.354 e. The molecule has 0 saturated carbocycles. The number of likely N-dealkylation sites (tertiary alicyclic amines) is 1. The van der Waals surface area contributed by atoms with Gasteiger partial charge in [0, 0.05) is 31.0 Å². The molecule has 2 heterocycles. The second-order valence-corrected chi connectivity index (χ2v) is 9.51. The van der Waals surface area contributed by atoms with Crippen molar-refractivity contribution < 1.29 is 9.59 Å². The van der Waals surface area contributed by atoms with E-state index >= 15 is 0 Å². The minimum absolute atomic E-state index is 0.0682. The summed E-state index contributed by atoms with van der Waals surface area (Å²) in [6.07, 6.45) is 3.81. The van der Waals surface area contributed by atoms with Gasteiger partial charge in [0.05, 0.1) is 10.9 Å². The summed E-state index contributed by atoms with van der Waals surface area (Å²) in [6, 6.07) is 7.82. The van der Waals surface area contributed by atoms with Crippen LogP contribution in [0.2, 0.25) is 0 Å². The summed E-state index contributed by atoms with van der Waals surface area (Å²) in [7, 11) is 0. The highest BCUT2D eigenvalue weighted by Gasteiger charge is 2.44. The van der Waals surface area contributed by atoms with Crippen molar-refractivity contribution in [2.75, 3.05) is 25.4 Å². The SMILES string of the molecule is CCc1ccc(C(=O)N2CCC3(CC2)NC(C(=O)NCC(C)CC)CS3)cc1. The van der Waals surface area contributed by atoms with E-state index in [2.05, 4.69) is 31.4 Å². The molecule has 28 heavy (non-hydrogen) atoms. The number of nitrogens with one attached hydrogen (secondary N) is 2. The highest BCUT2D eigenvalue weighted by atomic mass is 32.2. The van der Waals surface area contributed by atoms with Gasteiger partial charge in [-0.25, -0.2) is 0 Å². The van der Waals surface area contributed by atoms with E-state index in [0.717, 1.165) is 56.6 Å². The Morgan fingerprint density at radius 3 is 2.54 bits per heavy atom. The molecular weight excluding hydrogens is 370 g/mol. The van der Waals surface area contributed by atoms with Gasteiger partial charge in [-0.1, -0.05) is 39.3 Å².